The van der Waals surface area contributed by atoms with Gasteiger partial charge in [-0.2, -0.15) is 5.10 Å². The first kappa shape index (κ1) is 33.4. The van der Waals surface area contributed by atoms with E-state index in [4.69, 9.17) is 37.8 Å². The number of carbonyl (C=O) groups is 2. The van der Waals surface area contributed by atoms with Crippen LogP contribution in [0.1, 0.15) is 26.5 Å². The monoisotopic (exact) mass is 654 g/mol. The smallest absolute Gasteiger partial charge is 0.324 e. The summed E-state index contributed by atoms with van der Waals surface area (Å²) < 4.78 is 12.8. The summed E-state index contributed by atoms with van der Waals surface area (Å²) in [6.45, 7) is 7.29. The molecule has 4 rings (SSSR count). The summed E-state index contributed by atoms with van der Waals surface area (Å²) in [6, 6.07) is 14.5. The third-order valence-corrected chi connectivity index (χ3v) is 7.24. The molecule has 45 heavy (non-hydrogen) atoms. The number of nitrogens with one attached hydrogen (secondary N) is 4. The molecule has 2 aromatic heterocycles. The second kappa shape index (κ2) is 14.5. The van der Waals surface area contributed by atoms with Gasteiger partial charge in [-0.3, -0.25) is 10.6 Å². The third kappa shape index (κ3) is 9.00. The SMILES string of the molecule is COc1ccc(-n2nc(C(C)(C)C)cc2NC(=O)Nc2ccc(Oc3ccnc(NC(=O)NCCN(C)C)c3)c(Cl)c2Cl)cc1. The van der Waals surface area contributed by atoms with Gasteiger partial charge in [-0.25, -0.2) is 19.3 Å². The van der Waals surface area contributed by atoms with E-state index in [0.29, 0.717) is 30.4 Å². The quantitative estimate of drug-likeness (QED) is 0.145. The Morgan fingerprint density at radius 1 is 0.911 bits per heavy atom. The summed E-state index contributed by atoms with van der Waals surface area (Å²) in [5.41, 5.74) is 1.53. The van der Waals surface area contributed by atoms with E-state index in [1.165, 1.54) is 6.20 Å². The van der Waals surface area contributed by atoms with E-state index < -0.39 is 12.1 Å². The Morgan fingerprint density at radius 3 is 2.31 bits per heavy atom. The molecule has 0 unspecified atom stereocenters. The van der Waals surface area contributed by atoms with Gasteiger partial charge in [0.1, 0.15) is 33.9 Å². The molecule has 0 atom stereocenters. The molecule has 2 heterocycles. The summed E-state index contributed by atoms with van der Waals surface area (Å²) >= 11 is 13.1. The summed E-state index contributed by atoms with van der Waals surface area (Å²) in [5, 5.41) is 15.9. The Labute approximate surface area is 272 Å². The van der Waals surface area contributed by atoms with Crippen molar-refractivity contribution in [3.05, 3.63) is 76.5 Å². The second-order valence-corrected chi connectivity index (χ2v) is 12.0. The number of carbonyl (C=O) groups excluding carboxylic acids is 2. The largest absolute Gasteiger partial charge is 0.497 e. The minimum absolute atomic E-state index is 0.0797. The van der Waals surface area contributed by atoms with Crippen molar-refractivity contribution in [1.82, 2.24) is 25.0 Å². The van der Waals surface area contributed by atoms with Crippen molar-refractivity contribution >= 4 is 52.6 Å². The van der Waals surface area contributed by atoms with Crippen LogP contribution in [-0.4, -0.2) is 66.0 Å². The number of amides is 4. The summed E-state index contributed by atoms with van der Waals surface area (Å²) in [6.07, 6.45) is 1.49. The predicted octanol–water partition coefficient (Wildman–Crippen LogP) is 7.00. The fraction of sp³-hybridized carbons (Fsp3) is 0.290. The fourth-order valence-corrected chi connectivity index (χ4v) is 4.36. The van der Waals surface area contributed by atoms with Crippen LogP contribution in [0.3, 0.4) is 0 Å². The Bertz CT molecular complexity index is 1650. The molecule has 0 aliphatic rings. The number of likely N-dealkylation sites (N-methyl/N-ethyl adjacent to an activating group) is 1. The molecule has 0 aliphatic carbocycles. The highest BCUT2D eigenvalue weighted by molar-refractivity contribution is 6.45. The van der Waals surface area contributed by atoms with Crippen molar-refractivity contribution in [1.29, 1.82) is 0 Å². The van der Waals surface area contributed by atoms with E-state index in [1.54, 1.807) is 36.1 Å². The van der Waals surface area contributed by atoms with Crippen molar-refractivity contribution in [2.75, 3.05) is 50.2 Å². The molecule has 4 amide bonds. The molecular weight excluding hydrogens is 619 g/mol. The highest BCUT2D eigenvalue weighted by Gasteiger charge is 2.22. The number of urea groups is 2. The van der Waals surface area contributed by atoms with Crippen LogP contribution in [0.5, 0.6) is 17.2 Å². The van der Waals surface area contributed by atoms with E-state index in [0.717, 1.165) is 11.4 Å². The van der Waals surface area contributed by atoms with Gasteiger partial charge in [-0.15, -0.1) is 0 Å². The molecule has 0 aliphatic heterocycles. The first-order valence-electron chi connectivity index (χ1n) is 14.0. The van der Waals surface area contributed by atoms with E-state index in [9.17, 15) is 9.59 Å². The van der Waals surface area contributed by atoms with Gasteiger partial charge in [-0.05, 0) is 56.6 Å². The predicted molar refractivity (Wildman–Crippen MR) is 178 cm³/mol. The van der Waals surface area contributed by atoms with Crippen molar-refractivity contribution in [2.45, 2.75) is 26.2 Å². The lowest BCUT2D eigenvalue weighted by Crippen LogP contribution is -2.34. The normalized spacial score (nSPS) is 11.2. The van der Waals surface area contributed by atoms with Crippen LogP contribution in [0.15, 0.2) is 60.8 Å². The molecule has 4 N–H and O–H groups in total. The van der Waals surface area contributed by atoms with Crippen LogP contribution in [0.4, 0.5) is 26.9 Å². The molecule has 0 spiro atoms. The Hall–Kier alpha value is -4.52. The van der Waals surface area contributed by atoms with E-state index >= 15 is 0 Å². The number of nitrogens with zero attached hydrogens (tertiary/aromatic N) is 4. The highest BCUT2D eigenvalue weighted by Crippen LogP contribution is 2.40. The lowest BCUT2D eigenvalue weighted by molar-refractivity contribution is 0.250. The molecule has 4 aromatic rings. The Morgan fingerprint density at radius 2 is 1.64 bits per heavy atom. The lowest BCUT2D eigenvalue weighted by atomic mass is 9.92. The molecule has 0 radical (unpaired) electrons. The van der Waals surface area contributed by atoms with Crippen molar-refractivity contribution in [2.24, 2.45) is 0 Å². The van der Waals surface area contributed by atoms with Gasteiger partial charge in [0.25, 0.3) is 0 Å². The zero-order valence-corrected chi connectivity index (χ0v) is 27.4. The Kier molecular flexibility index (Phi) is 10.8. The number of rotatable bonds is 10. The Balaban J connectivity index is 1.45. The van der Waals surface area contributed by atoms with E-state index in [2.05, 4.69) is 26.3 Å². The summed E-state index contributed by atoms with van der Waals surface area (Å²) in [7, 11) is 5.43. The number of hydrogen-bond donors (Lipinski definition) is 4. The number of hydrogen-bond acceptors (Lipinski definition) is 7. The van der Waals surface area contributed by atoms with Crippen LogP contribution in [0, 0.1) is 0 Å². The number of ether oxygens (including phenoxy) is 2. The maximum absolute atomic E-state index is 13.1. The minimum atomic E-state index is -0.550. The first-order valence-corrected chi connectivity index (χ1v) is 14.7. The molecule has 0 bridgehead atoms. The van der Waals surface area contributed by atoms with Gasteiger partial charge in [0.2, 0.25) is 0 Å². The van der Waals surface area contributed by atoms with E-state index in [1.807, 2.05) is 70.1 Å². The fourth-order valence-electron chi connectivity index (χ4n) is 3.96. The topological polar surface area (TPSA) is 135 Å². The highest BCUT2D eigenvalue weighted by atomic mass is 35.5. The molecule has 238 valence electrons. The number of methoxy groups -OCH3 is 1. The average molecular weight is 656 g/mol. The second-order valence-electron chi connectivity index (χ2n) is 11.3. The zero-order valence-electron chi connectivity index (χ0n) is 25.9. The number of pyridine rings is 1. The lowest BCUT2D eigenvalue weighted by Gasteiger charge is -2.14. The van der Waals surface area contributed by atoms with Gasteiger partial charge < -0.3 is 25.0 Å². The van der Waals surface area contributed by atoms with Gasteiger partial charge in [0, 0.05) is 36.8 Å². The number of halogens is 2. The molecule has 12 nitrogen and oxygen atoms in total. The van der Waals surface area contributed by atoms with Gasteiger partial charge in [-0.1, -0.05) is 44.0 Å². The number of anilines is 3. The molecule has 0 saturated carbocycles. The van der Waals surface area contributed by atoms with Crippen LogP contribution in [0.2, 0.25) is 10.0 Å². The first-order chi connectivity index (χ1) is 21.3. The van der Waals surface area contributed by atoms with Gasteiger partial charge >= 0.3 is 12.1 Å². The van der Waals surface area contributed by atoms with Crippen molar-refractivity contribution < 1.29 is 19.1 Å². The van der Waals surface area contributed by atoms with Crippen LogP contribution in [-0.2, 0) is 5.41 Å². The van der Waals surface area contributed by atoms with Crippen LogP contribution < -0.4 is 30.7 Å². The number of benzene rings is 2. The van der Waals surface area contributed by atoms with Crippen LogP contribution in [0.25, 0.3) is 5.69 Å². The zero-order chi connectivity index (χ0) is 32.7. The summed E-state index contributed by atoms with van der Waals surface area (Å²) in [5.74, 6) is 2.06. The molecule has 0 fully saturated rings. The minimum Gasteiger partial charge on any atom is -0.497 e. The van der Waals surface area contributed by atoms with Crippen molar-refractivity contribution in [3.63, 3.8) is 0 Å². The molecule has 2 aromatic carbocycles. The number of aromatic nitrogens is 3. The van der Waals surface area contributed by atoms with E-state index in [-0.39, 0.29) is 32.7 Å². The standard InChI is InChI=1S/C31H36Cl2N8O4/c1-31(2,3)24-18-26(41(39-24)19-7-9-20(44-6)10-8-19)38-30(43)36-22-11-12-23(28(33)27(22)32)45-21-13-14-34-25(17-21)37-29(42)35-15-16-40(4)5/h7-14,17-18H,15-16H2,1-6H3,(H2,36,38,43)(H2,34,35,37,42). The maximum Gasteiger partial charge on any atom is 0.324 e. The third-order valence-electron chi connectivity index (χ3n) is 6.38. The average Bonchev–Trinajstić information content (AvgIpc) is 3.41. The summed E-state index contributed by atoms with van der Waals surface area (Å²) in [4.78, 5) is 31.4. The molecular formula is C31H36Cl2N8O4. The maximum atomic E-state index is 13.1. The molecule has 14 heteroatoms. The van der Waals surface area contributed by atoms with Crippen LogP contribution >= 0.6 is 23.2 Å². The van der Waals surface area contributed by atoms with Crippen molar-refractivity contribution in [3.8, 4) is 22.9 Å². The van der Waals surface area contributed by atoms with Gasteiger partial charge in [0.05, 0.1) is 29.2 Å². The molecule has 0 saturated heterocycles. The van der Waals surface area contributed by atoms with Gasteiger partial charge in [0.15, 0.2) is 0 Å².